The van der Waals surface area contributed by atoms with E-state index in [9.17, 15) is 0 Å². The van der Waals surface area contributed by atoms with Crippen LogP contribution in [-0.4, -0.2) is 40.6 Å². The topological polar surface area (TPSA) is 37.4 Å². The van der Waals surface area contributed by atoms with Crippen molar-refractivity contribution in [2.75, 3.05) is 36.6 Å². The van der Waals surface area contributed by atoms with Gasteiger partial charge in [-0.2, -0.15) is 4.37 Å². The Morgan fingerprint density at radius 3 is 3.04 bits per heavy atom. The molecule has 0 radical (unpaired) electrons. The number of nitrogens with one attached hydrogen (secondary N) is 1. The van der Waals surface area contributed by atoms with Crippen molar-refractivity contribution in [3.63, 3.8) is 0 Å². The van der Waals surface area contributed by atoms with Crippen molar-refractivity contribution < 1.29 is 4.74 Å². The number of hydrogen-bond donors (Lipinski definition) is 1. The molecule has 3 aromatic rings. The van der Waals surface area contributed by atoms with Gasteiger partial charge in [0.15, 0.2) is 0 Å². The molecule has 1 saturated heterocycles. The molecule has 136 valence electrons. The Kier molecular flexibility index (Phi) is 5.94. The fraction of sp³-hybridized carbons (Fsp3) is 0.350. The van der Waals surface area contributed by atoms with Crippen LogP contribution in [0.4, 0.5) is 5.82 Å². The molecule has 4 rings (SSSR count). The summed E-state index contributed by atoms with van der Waals surface area (Å²) >= 11 is 3.55. The molecular weight excluding hydrogens is 362 g/mol. The largest absolute Gasteiger partial charge is 0.494 e. The first kappa shape index (κ1) is 17.6. The average molecular weight is 386 g/mol. The van der Waals surface area contributed by atoms with Gasteiger partial charge in [-0.25, -0.2) is 0 Å². The number of ether oxygens (including phenoxy) is 1. The summed E-state index contributed by atoms with van der Waals surface area (Å²) < 4.78 is 11.7. The second-order valence-electron chi connectivity index (χ2n) is 6.39. The lowest BCUT2D eigenvalue weighted by molar-refractivity contribution is 0.312. The minimum atomic E-state index is 0.706. The van der Waals surface area contributed by atoms with Gasteiger partial charge in [0.1, 0.15) is 11.6 Å². The fourth-order valence-electron chi connectivity index (χ4n) is 3.05. The zero-order chi connectivity index (χ0) is 17.6. The van der Waals surface area contributed by atoms with Crippen molar-refractivity contribution in [3.05, 3.63) is 54.1 Å². The molecule has 0 unspecified atom stereocenters. The Morgan fingerprint density at radius 2 is 2.12 bits per heavy atom. The van der Waals surface area contributed by atoms with Crippen LogP contribution in [0.15, 0.2) is 48.5 Å². The van der Waals surface area contributed by atoms with E-state index in [1.54, 1.807) is 0 Å². The first-order chi connectivity index (χ1) is 12.9. The van der Waals surface area contributed by atoms with Crippen LogP contribution >= 0.6 is 23.3 Å². The maximum Gasteiger partial charge on any atom is 0.147 e. The molecule has 0 aliphatic carbocycles. The van der Waals surface area contributed by atoms with E-state index in [0.29, 0.717) is 6.61 Å². The molecule has 0 spiro atoms. The molecule has 0 amide bonds. The van der Waals surface area contributed by atoms with Crippen molar-refractivity contribution in [2.24, 2.45) is 0 Å². The number of anilines is 1. The lowest BCUT2D eigenvalue weighted by Crippen LogP contribution is -2.18. The van der Waals surface area contributed by atoms with Gasteiger partial charge in [-0.05, 0) is 47.8 Å². The van der Waals surface area contributed by atoms with E-state index in [1.807, 2.05) is 17.8 Å². The predicted molar refractivity (Wildman–Crippen MR) is 112 cm³/mol. The lowest BCUT2D eigenvalue weighted by atomic mass is 10.2. The molecule has 0 bridgehead atoms. The highest BCUT2D eigenvalue weighted by Gasteiger charge is 2.12. The molecule has 6 heteroatoms. The van der Waals surface area contributed by atoms with Crippen LogP contribution in [0.3, 0.4) is 0 Å². The van der Waals surface area contributed by atoms with Crippen molar-refractivity contribution in [2.45, 2.75) is 13.0 Å². The highest BCUT2D eigenvalue weighted by molar-refractivity contribution is 7.99. The third-order valence-corrected chi connectivity index (χ3v) is 6.24. The van der Waals surface area contributed by atoms with Crippen LogP contribution in [0.2, 0.25) is 0 Å². The SMILES string of the molecule is c1cc(CN2CCSC2)cc(OCCCNc2nsc3ccccc23)c1. The molecule has 0 saturated carbocycles. The standard InChI is InChI=1S/C20H23N3OS2/c1-2-8-19-18(7-1)20(22-26-19)21-9-4-11-24-17-6-3-5-16(13-17)14-23-10-12-25-15-23/h1-3,5-8,13H,4,9-12,14-15H2,(H,21,22). The van der Waals surface area contributed by atoms with Gasteiger partial charge in [0.2, 0.25) is 0 Å². The summed E-state index contributed by atoms with van der Waals surface area (Å²) in [5.41, 5.74) is 1.33. The van der Waals surface area contributed by atoms with Crippen molar-refractivity contribution in [3.8, 4) is 5.75 Å². The van der Waals surface area contributed by atoms with Gasteiger partial charge in [-0.1, -0.05) is 24.3 Å². The third-order valence-electron chi connectivity index (χ3n) is 4.39. The van der Waals surface area contributed by atoms with Crippen LogP contribution in [0.25, 0.3) is 10.1 Å². The van der Waals surface area contributed by atoms with Gasteiger partial charge in [0, 0.05) is 36.7 Å². The van der Waals surface area contributed by atoms with Crippen LogP contribution < -0.4 is 10.1 Å². The highest BCUT2D eigenvalue weighted by atomic mass is 32.2. The number of benzene rings is 2. The summed E-state index contributed by atoms with van der Waals surface area (Å²) in [6, 6.07) is 16.8. The average Bonchev–Trinajstić information content (AvgIpc) is 3.32. The van der Waals surface area contributed by atoms with Crippen molar-refractivity contribution in [1.82, 2.24) is 9.27 Å². The molecule has 1 fully saturated rings. The van der Waals surface area contributed by atoms with Crippen molar-refractivity contribution in [1.29, 1.82) is 0 Å². The van der Waals surface area contributed by atoms with E-state index in [4.69, 9.17) is 4.74 Å². The zero-order valence-corrected chi connectivity index (χ0v) is 16.3. The molecule has 26 heavy (non-hydrogen) atoms. The molecule has 2 heterocycles. The van der Waals surface area contributed by atoms with Gasteiger partial charge in [0.25, 0.3) is 0 Å². The maximum absolute atomic E-state index is 5.94. The third kappa shape index (κ3) is 4.50. The molecule has 2 aromatic carbocycles. The smallest absolute Gasteiger partial charge is 0.147 e. The Bertz CT molecular complexity index is 846. The predicted octanol–water partition coefficient (Wildman–Crippen LogP) is 4.68. The van der Waals surface area contributed by atoms with Gasteiger partial charge in [-0.3, -0.25) is 4.90 Å². The van der Waals surface area contributed by atoms with E-state index in [-0.39, 0.29) is 0 Å². The Balaban J connectivity index is 1.22. The molecule has 1 aromatic heterocycles. The number of hydrogen-bond acceptors (Lipinski definition) is 6. The van der Waals surface area contributed by atoms with Crippen molar-refractivity contribution >= 4 is 39.2 Å². The van der Waals surface area contributed by atoms with Gasteiger partial charge >= 0.3 is 0 Å². The lowest BCUT2D eigenvalue weighted by Gasteiger charge is -2.14. The Morgan fingerprint density at radius 1 is 1.15 bits per heavy atom. The van der Waals surface area contributed by atoms with E-state index >= 15 is 0 Å². The number of rotatable bonds is 8. The van der Waals surface area contributed by atoms with Crippen LogP contribution in [0, 0.1) is 0 Å². The second kappa shape index (κ2) is 8.75. The van der Waals surface area contributed by atoms with E-state index in [0.717, 1.165) is 37.0 Å². The Labute approximate surface area is 162 Å². The van der Waals surface area contributed by atoms with Gasteiger partial charge < -0.3 is 10.1 Å². The van der Waals surface area contributed by atoms with Crippen LogP contribution in [-0.2, 0) is 6.54 Å². The molecule has 1 aliphatic heterocycles. The van der Waals surface area contributed by atoms with E-state index < -0.39 is 0 Å². The summed E-state index contributed by atoms with van der Waals surface area (Å²) in [6.45, 7) is 3.77. The quantitative estimate of drug-likeness (QED) is 0.570. The van der Waals surface area contributed by atoms with Gasteiger partial charge in [-0.15, -0.1) is 11.8 Å². The number of thioether (sulfide) groups is 1. The summed E-state index contributed by atoms with van der Waals surface area (Å²) in [5.74, 6) is 4.34. The molecule has 1 aliphatic rings. The fourth-order valence-corrected chi connectivity index (χ4v) is 4.80. The normalized spacial score (nSPS) is 14.8. The monoisotopic (exact) mass is 385 g/mol. The zero-order valence-electron chi connectivity index (χ0n) is 14.7. The minimum absolute atomic E-state index is 0.706. The summed E-state index contributed by atoms with van der Waals surface area (Å²) in [6.07, 6.45) is 0.943. The number of fused-ring (bicyclic) bond motifs is 1. The minimum Gasteiger partial charge on any atom is -0.494 e. The number of aromatic nitrogens is 1. The molecule has 4 nitrogen and oxygen atoms in total. The maximum atomic E-state index is 5.94. The van der Waals surface area contributed by atoms with E-state index in [1.165, 1.54) is 39.5 Å². The number of nitrogens with zero attached hydrogens (tertiary/aromatic N) is 2. The van der Waals surface area contributed by atoms with Crippen LogP contribution in [0.1, 0.15) is 12.0 Å². The molecule has 0 atom stereocenters. The summed E-state index contributed by atoms with van der Waals surface area (Å²) in [7, 11) is 0. The first-order valence-electron chi connectivity index (χ1n) is 8.98. The molecule has 1 N–H and O–H groups in total. The molecular formula is C20H23N3OS2. The van der Waals surface area contributed by atoms with Crippen LogP contribution in [0.5, 0.6) is 5.75 Å². The summed E-state index contributed by atoms with van der Waals surface area (Å²) in [5, 5.41) is 4.62. The summed E-state index contributed by atoms with van der Waals surface area (Å²) in [4.78, 5) is 2.48. The Hall–Kier alpha value is -1.76. The van der Waals surface area contributed by atoms with Gasteiger partial charge in [0.05, 0.1) is 11.3 Å². The second-order valence-corrected chi connectivity index (χ2v) is 8.27. The first-order valence-corrected chi connectivity index (χ1v) is 10.9. The highest BCUT2D eigenvalue weighted by Crippen LogP contribution is 2.26. The van der Waals surface area contributed by atoms with E-state index in [2.05, 4.69) is 57.1 Å².